The summed E-state index contributed by atoms with van der Waals surface area (Å²) in [5.74, 6) is 0. The molecule has 0 amide bonds. The van der Waals surface area contributed by atoms with Crippen LogP contribution in [0, 0.1) is 0 Å². The standard InChI is InChI=1S/C9H20Si.C8H18Si.C7H16Si.C6H14Si/c1-10(2)8-6-4-3-5-7-9-10;1-9(2)7-5-3-4-6-8-9;1-8(2)6-4-3-5-7-8;1-7(2)5-3-4-6-7/h3-9H2,1-2H3;3-8H2,1-2H3;3-7H2,1-2H3;3-6H2,1-2H3. The fraction of sp³-hybridized carbons (Fsp3) is 1.00. The Hall–Kier alpha value is 0.868. The molecule has 4 aliphatic heterocycles. The predicted molar refractivity (Wildman–Crippen MR) is 173 cm³/mol. The Balaban J connectivity index is 0.000000228. The van der Waals surface area contributed by atoms with Gasteiger partial charge in [-0.2, -0.15) is 0 Å². The van der Waals surface area contributed by atoms with Crippen molar-refractivity contribution in [1.29, 1.82) is 0 Å². The Morgan fingerprint density at radius 1 is 0.206 bits per heavy atom. The molecule has 0 aromatic heterocycles. The van der Waals surface area contributed by atoms with E-state index >= 15 is 0 Å². The van der Waals surface area contributed by atoms with Crippen LogP contribution in [0.3, 0.4) is 0 Å². The molecule has 0 aromatic rings. The van der Waals surface area contributed by atoms with E-state index in [-0.39, 0.29) is 0 Å². The van der Waals surface area contributed by atoms with Crippen LogP contribution < -0.4 is 0 Å². The maximum absolute atomic E-state index is 2.55. The van der Waals surface area contributed by atoms with E-state index in [1.165, 1.54) is 89.9 Å². The molecular formula is C30H68Si4. The fourth-order valence-corrected chi connectivity index (χ4v) is 17.0. The fourth-order valence-electron chi connectivity index (χ4n) is 6.39. The summed E-state index contributed by atoms with van der Waals surface area (Å²) >= 11 is 0. The van der Waals surface area contributed by atoms with Gasteiger partial charge in [0.1, 0.15) is 0 Å². The van der Waals surface area contributed by atoms with Crippen LogP contribution in [0.1, 0.15) is 89.9 Å². The molecule has 4 heterocycles. The highest BCUT2D eigenvalue weighted by molar-refractivity contribution is 6.78. The molecule has 0 N–H and O–H groups in total. The van der Waals surface area contributed by atoms with Crippen LogP contribution in [-0.4, -0.2) is 32.3 Å². The van der Waals surface area contributed by atoms with Gasteiger partial charge in [-0.3, -0.25) is 0 Å². The smallest absolute Gasteiger partial charge is 0.0473 e. The molecule has 0 spiro atoms. The van der Waals surface area contributed by atoms with E-state index in [1.807, 2.05) is 0 Å². The molecule has 4 rings (SSSR count). The van der Waals surface area contributed by atoms with Gasteiger partial charge in [0.05, 0.1) is 0 Å². The number of rotatable bonds is 0. The van der Waals surface area contributed by atoms with E-state index in [1.54, 1.807) is 48.4 Å². The zero-order chi connectivity index (χ0) is 25.6. The minimum absolute atomic E-state index is 0.540. The largest absolute Gasteiger partial charge is 0.0693 e. The molecule has 0 aromatic carbocycles. The van der Waals surface area contributed by atoms with Crippen LogP contribution in [-0.2, 0) is 0 Å². The Kier molecular flexibility index (Phi) is 16.1. The summed E-state index contributed by atoms with van der Waals surface area (Å²) in [7, 11) is -2.44. The first-order valence-electron chi connectivity index (χ1n) is 15.8. The summed E-state index contributed by atoms with van der Waals surface area (Å²) in [4.78, 5) is 0. The van der Waals surface area contributed by atoms with Gasteiger partial charge in [-0.05, 0) is 0 Å². The van der Waals surface area contributed by atoms with Gasteiger partial charge in [0.25, 0.3) is 0 Å². The first-order valence-corrected chi connectivity index (χ1v) is 29.5. The molecule has 0 unspecified atom stereocenters. The molecule has 4 saturated heterocycles. The van der Waals surface area contributed by atoms with E-state index in [4.69, 9.17) is 0 Å². The zero-order valence-electron chi connectivity index (χ0n) is 25.6. The third-order valence-corrected chi connectivity index (χ3v) is 23.0. The monoisotopic (exact) mass is 540 g/mol. The van der Waals surface area contributed by atoms with Crippen LogP contribution in [0.2, 0.25) is 101 Å². The minimum atomic E-state index is -0.673. The van der Waals surface area contributed by atoms with Crippen molar-refractivity contribution < 1.29 is 0 Å². The van der Waals surface area contributed by atoms with Crippen LogP contribution in [0.15, 0.2) is 0 Å². The maximum Gasteiger partial charge on any atom is 0.0473 e. The third kappa shape index (κ3) is 18.2. The van der Waals surface area contributed by atoms with Gasteiger partial charge in [-0.15, -0.1) is 0 Å². The SMILES string of the molecule is C[Si]1(C)CCCC1.C[Si]1(C)CCCCC1.C[Si]1(C)CCCCCC1.C[Si]1(C)CCCCCCC1. The zero-order valence-corrected chi connectivity index (χ0v) is 29.6. The van der Waals surface area contributed by atoms with E-state index < -0.39 is 32.3 Å². The van der Waals surface area contributed by atoms with Crippen molar-refractivity contribution in [2.24, 2.45) is 0 Å². The first kappa shape index (κ1) is 32.9. The van der Waals surface area contributed by atoms with Crippen molar-refractivity contribution in [1.82, 2.24) is 0 Å². The van der Waals surface area contributed by atoms with Crippen molar-refractivity contribution in [3.8, 4) is 0 Å². The molecule has 204 valence electrons. The Morgan fingerprint density at radius 2 is 0.324 bits per heavy atom. The van der Waals surface area contributed by atoms with Crippen molar-refractivity contribution in [2.45, 2.75) is 191 Å². The van der Waals surface area contributed by atoms with Gasteiger partial charge in [-0.1, -0.05) is 191 Å². The molecule has 0 atom stereocenters. The molecule has 0 saturated carbocycles. The highest BCUT2D eigenvalue weighted by Crippen LogP contribution is 2.29. The molecule has 4 fully saturated rings. The average molecular weight is 541 g/mol. The molecule has 4 aliphatic rings. The van der Waals surface area contributed by atoms with E-state index in [0.717, 1.165) is 0 Å². The lowest BCUT2D eigenvalue weighted by atomic mass is 10.2. The van der Waals surface area contributed by atoms with Crippen LogP contribution in [0.4, 0.5) is 0 Å². The van der Waals surface area contributed by atoms with Crippen molar-refractivity contribution in [3.63, 3.8) is 0 Å². The lowest BCUT2D eigenvalue weighted by Gasteiger charge is -2.26. The molecule has 0 radical (unpaired) electrons. The second kappa shape index (κ2) is 16.7. The second-order valence-corrected chi connectivity index (χ2v) is 36.9. The summed E-state index contributed by atoms with van der Waals surface area (Å²) in [5.41, 5.74) is 0. The maximum atomic E-state index is 2.55. The summed E-state index contributed by atoms with van der Waals surface area (Å²) in [6, 6.07) is 12.7. The minimum Gasteiger partial charge on any atom is -0.0693 e. The third-order valence-electron chi connectivity index (χ3n) is 9.33. The van der Waals surface area contributed by atoms with Gasteiger partial charge in [0.2, 0.25) is 0 Å². The van der Waals surface area contributed by atoms with E-state index in [2.05, 4.69) is 52.4 Å². The number of hydrogen-bond acceptors (Lipinski definition) is 0. The molecule has 34 heavy (non-hydrogen) atoms. The average Bonchev–Trinajstić information content (AvgIpc) is 3.02. The second-order valence-electron chi connectivity index (χ2n) is 15.6. The molecule has 4 heteroatoms. The number of hydrogen-bond donors (Lipinski definition) is 0. The Bertz CT molecular complexity index is 474. The summed E-state index contributed by atoms with van der Waals surface area (Å²) in [6.07, 6.45) is 21.3. The van der Waals surface area contributed by atoms with E-state index in [9.17, 15) is 0 Å². The van der Waals surface area contributed by atoms with Crippen LogP contribution in [0.25, 0.3) is 0 Å². The van der Waals surface area contributed by atoms with Crippen molar-refractivity contribution >= 4 is 32.3 Å². The topological polar surface area (TPSA) is 0 Å². The molecule has 0 nitrogen and oxygen atoms in total. The van der Waals surface area contributed by atoms with Gasteiger partial charge < -0.3 is 0 Å². The van der Waals surface area contributed by atoms with Crippen molar-refractivity contribution in [3.05, 3.63) is 0 Å². The van der Waals surface area contributed by atoms with Crippen LogP contribution in [0.5, 0.6) is 0 Å². The molecule has 0 bridgehead atoms. The normalized spacial score (nSPS) is 27.5. The van der Waals surface area contributed by atoms with Crippen LogP contribution >= 0.6 is 0 Å². The van der Waals surface area contributed by atoms with Gasteiger partial charge in [0, 0.05) is 32.3 Å². The van der Waals surface area contributed by atoms with Gasteiger partial charge in [-0.25, -0.2) is 0 Å². The Labute approximate surface area is 222 Å². The highest BCUT2D eigenvalue weighted by atomic mass is 28.3. The van der Waals surface area contributed by atoms with Gasteiger partial charge >= 0.3 is 0 Å². The molecular weight excluding hydrogens is 473 g/mol. The summed E-state index contributed by atoms with van der Waals surface area (Å²) in [6.45, 7) is 20.2. The lowest BCUT2D eigenvalue weighted by Crippen LogP contribution is -2.27. The quantitative estimate of drug-likeness (QED) is 0.268. The summed E-state index contributed by atoms with van der Waals surface area (Å²) in [5, 5.41) is 0. The highest BCUT2D eigenvalue weighted by Gasteiger charge is 2.24. The van der Waals surface area contributed by atoms with Crippen molar-refractivity contribution in [2.75, 3.05) is 0 Å². The lowest BCUT2D eigenvalue weighted by molar-refractivity contribution is 0.631. The van der Waals surface area contributed by atoms with Gasteiger partial charge in [0.15, 0.2) is 0 Å². The predicted octanol–water partition coefficient (Wildman–Crippen LogP) is 12.3. The first-order chi connectivity index (χ1) is 15.8. The van der Waals surface area contributed by atoms with E-state index in [0.29, 0.717) is 0 Å². The Morgan fingerprint density at radius 3 is 0.500 bits per heavy atom. The molecule has 0 aliphatic carbocycles. The summed E-state index contributed by atoms with van der Waals surface area (Å²) < 4.78 is 0.